The molecule has 10 nitrogen and oxygen atoms in total. The van der Waals surface area contributed by atoms with Crippen molar-refractivity contribution >= 4 is 23.4 Å². The predicted octanol–water partition coefficient (Wildman–Crippen LogP) is 6.78. The van der Waals surface area contributed by atoms with E-state index in [1.807, 2.05) is 27.7 Å². The molecule has 1 aromatic carbocycles. The van der Waals surface area contributed by atoms with Gasteiger partial charge in [-0.25, -0.2) is 0 Å². The van der Waals surface area contributed by atoms with Gasteiger partial charge in [0.05, 0.1) is 36.6 Å². The second-order valence-corrected chi connectivity index (χ2v) is 10.9. The minimum atomic E-state index is -0.412. The molecule has 3 amide bonds. The van der Waals surface area contributed by atoms with E-state index in [1.54, 1.807) is 18.2 Å². The third kappa shape index (κ3) is 8.87. The first-order valence-corrected chi connectivity index (χ1v) is 16.4. The number of fused-ring (bicyclic) bond motifs is 1. The summed E-state index contributed by atoms with van der Waals surface area (Å²) >= 11 is 0. The number of carbonyl (C=O) groups excluding carboxylic acids is 3. The fourth-order valence-corrected chi connectivity index (χ4v) is 6.01. The molecule has 2 saturated carbocycles. The zero-order chi connectivity index (χ0) is 31.2. The lowest BCUT2D eigenvalue weighted by Gasteiger charge is -2.26. The number of imide groups is 1. The number of amides is 3. The molecule has 2 N–H and O–H groups in total. The summed E-state index contributed by atoms with van der Waals surface area (Å²) in [5.41, 5.74) is 0.783. The van der Waals surface area contributed by atoms with Crippen LogP contribution in [0.5, 0.6) is 0 Å². The summed E-state index contributed by atoms with van der Waals surface area (Å²) in [5.74, 6) is -0.857. The van der Waals surface area contributed by atoms with Gasteiger partial charge in [-0.2, -0.15) is 0 Å². The first-order chi connectivity index (χ1) is 21.0. The molecule has 43 heavy (non-hydrogen) atoms. The van der Waals surface area contributed by atoms with E-state index in [2.05, 4.69) is 20.9 Å². The van der Waals surface area contributed by atoms with Crippen LogP contribution in [0.15, 0.2) is 40.0 Å². The third-order valence-corrected chi connectivity index (χ3v) is 8.16. The number of azo groups is 1. The molecule has 238 valence electrons. The Hall–Kier alpha value is -3.27. The van der Waals surface area contributed by atoms with Crippen LogP contribution in [0, 0.1) is 0 Å². The van der Waals surface area contributed by atoms with Gasteiger partial charge < -0.3 is 20.1 Å². The number of nitrogens with one attached hydrogen (secondary N) is 2. The average Bonchev–Trinajstić information content (AvgIpc) is 3.66. The Labute approximate surface area is 257 Å². The molecule has 2 aliphatic carbocycles. The van der Waals surface area contributed by atoms with E-state index in [4.69, 9.17) is 9.47 Å². The van der Waals surface area contributed by atoms with Crippen LogP contribution >= 0.6 is 0 Å². The number of hydrogen-bond acceptors (Lipinski definition) is 8. The highest BCUT2D eigenvalue weighted by molar-refractivity contribution is 6.23. The van der Waals surface area contributed by atoms with Crippen LogP contribution in [0.2, 0.25) is 0 Å². The molecule has 0 aromatic heterocycles. The number of hydrogen-bond donors (Lipinski definition) is 2. The van der Waals surface area contributed by atoms with E-state index in [1.165, 1.54) is 24.9 Å². The number of ether oxygens (including phenoxy) is 2. The summed E-state index contributed by atoms with van der Waals surface area (Å²) in [4.78, 5) is 41.1. The van der Waals surface area contributed by atoms with Gasteiger partial charge in [0.25, 0.3) is 17.7 Å². The fraction of sp³-hybridized carbons (Fsp3) is 0.667. The van der Waals surface area contributed by atoms with E-state index >= 15 is 0 Å². The van der Waals surface area contributed by atoms with Gasteiger partial charge in [0.2, 0.25) is 11.6 Å². The van der Waals surface area contributed by atoms with Crippen LogP contribution in [0.4, 0.5) is 5.69 Å². The smallest absolute Gasteiger partial charge is 0.277 e. The Balaban J connectivity index is 0.00000121. The molecule has 3 fully saturated rings. The van der Waals surface area contributed by atoms with Gasteiger partial charge in [0.1, 0.15) is 0 Å². The zero-order valence-electron chi connectivity index (χ0n) is 26.7. The summed E-state index contributed by atoms with van der Waals surface area (Å²) in [6, 6.07) is 5.21. The van der Waals surface area contributed by atoms with Crippen molar-refractivity contribution in [1.29, 1.82) is 0 Å². The number of methoxy groups -OCH3 is 1. The maximum atomic E-state index is 13.5. The number of nitrogens with zero attached hydrogens (tertiary/aromatic N) is 3. The van der Waals surface area contributed by atoms with Crippen LogP contribution in [-0.2, 0) is 14.3 Å². The minimum absolute atomic E-state index is 0.0410. The average molecular weight is 598 g/mol. The minimum Gasteiger partial charge on any atom is -0.481 e. The molecule has 10 heteroatoms. The second kappa shape index (κ2) is 17.8. The molecule has 5 rings (SSSR count). The van der Waals surface area contributed by atoms with Crippen molar-refractivity contribution in [2.24, 2.45) is 10.2 Å². The highest BCUT2D eigenvalue weighted by atomic mass is 16.5. The molecule has 2 aliphatic heterocycles. The summed E-state index contributed by atoms with van der Waals surface area (Å²) < 4.78 is 11.3. The zero-order valence-corrected chi connectivity index (χ0v) is 26.7. The van der Waals surface area contributed by atoms with Gasteiger partial charge in [-0.05, 0) is 50.7 Å². The van der Waals surface area contributed by atoms with Crippen LogP contribution in [-0.4, -0.2) is 61.1 Å². The van der Waals surface area contributed by atoms with Crippen molar-refractivity contribution in [3.05, 3.63) is 40.9 Å². The normalized spacial score (nSPS) is 21.3. The monoisotopic (exact) mass is 597 g/mol. The van der Waals surface area contributed by atoms with Crippen LogP contribution in [0.1, 0.15) is 125 Å². The van der Waals surface area contributed by atoms with Gasteiger partial charge in [-0.15, -0.1) is 10.2 Å². The standard InChI is InChI=1S/C29H39N5O5.2C2H6/c1-38-27(31-20-12-6-3-7-13-20)25(26(35)30-19-10-4-2-5-11-19)33-32-23-16-8-15-22-24(23)29(37)34(28(22)36)18-21-14-9-17-39-21;2*1-2/h8,15-16,19-21,31H,2-7,9-14,17-18H2,1H3,(H,30,35);2*1-2H3/b27-25-,33-32?;;. The molecule has 4 aliphatic rings. The lowest BCUT2D eigenvalue weighted by molar-refractivity contribution is -0.118. The van der Waals surface area contributed by atoms with Crippen LogP contribution < -0.4 is 10.6 Å². The molecule has 0 bridgehead atoms. The highest BCUT2D eigenvalue weighted by Crippen LogP contribution is 2.33. The largest absolute Gasteiger partial charge is 0.481 e. The molecule has 1 aromatic rings. The molecule has 0 spiro atoms. The lowest BCUT2D eigenvalue weighted by Crippen LogP contribution is -2.39. The molecule has 0 radical (unpaired) electrons. The first kappa shape index (κ1) is 34.2. The van der Waals surface area contributed by atoms with Gasteiger partial charge >= 0.3 is 0 Å². The Morgan fingerprint density at radius 3 is 2.09 bits per heavy atom. The second-order valence-electron chi connectivity index (χ2n) is 10.9. The topological polar surface area (TPSA) is 122 Å². The maximum absolute atomic E-state index is 13.5. The van der Waals surface area contributed by atoms with Crippen molar-refractivity contribution in [2.45, 2.75) is 123 Å². The van der Waals surface area contributed by atoms with E-state index < -0.39 is 5.91 Å². The molecule has 1 unspecified atom stereocenters. The van der Waals surface area contributed by atoms with E-state index in [9.17, 15) is 14.4 Å². The van der Waals surface area contributed by atoms with Crippen molar-refractivity contribution in [1.82, 2.24) is 15.5 Å². The lowest BCUT2D eigenvalue weighted by atomic mass is 9.95. The van der Waals surface area contributed by atoms with E-state index in [-0.39, 0.29) is 59.4 Å². The van der Waals surface area contributed by atoms with Crippen molar-refractivity contribution < 1.29 is 23.9 Å². The summed E-state index contributed by atoms with van der Waals surface area (Å²) in [6.07, 6.45) is 12.2. The van der Waals surface area contributed by atoms with Crippen molar-refractivity contribution in [3.8, 4) is 0 Å². The summed E-state index contributed by atoms with van der Waals surface area (Å²) in [6.45, 7) is 8.86. The van der Waals surface area contributed by atoms with Crippen molar-refractivity contribution in [3.63, 3.8) is 0 Å². The van der Waals surface area contributed by atoms with Gasteiger partial charge in [0.15, 0.2) is 0 Å². The number of benzene rings is 1. The maximum Gasteiger partial charge on any atom is 0.277 e. The predicted molar refractivity (Wildman–Crippen MR) is 167 cm³/mol. The van der Waals surface area contributed by atoms with E-state index in [0.717, 1.165) is 64.2 Å². The quantitative estimate of drug-likeness (QED) is 0.140. The Bertz CT molecular complexity index is 1130. The van der Waals surface area contributed by atoms with Crippen LogP contribution in [0.3, 0.4) is 0 Å². The first-order valence-electron chi connectivity index (χ1n) is 16.4. The summed E-state index contributed by atoms with van der Waals surface area (Å²) in [7, 11) is 1.51. The molecule has 1 atom stereocenters. The van der Waals surface area contributed by atoms with Gasteiger partial charge in [-0.1, -0.05) is 72.3 Å². The Morgan fingerprint density at radius 1 is 0.884 bits per heavy atom. The molecule has 1 saturated heterocycles. The number of rotatable bonds is 9. The molecular formula is C33H51N5O5. The SMILES string of the molecule is CC.CC.CO/C(NC1CCCCC1)=C(\N=Nc1cccc2c1C(=O)N(CC1CCCO1)C2=O)C(=O)NC1CCCCC1. The third-order valence-electron chi connectivity index (χ3n) is 8.16. The molecular weight excluding hydrogens is 546 g/mol. The van der Waals surface area contributed by atoms with E-state index in [0.29, 0.717) is 12.2 Å². The van der Waals surface area contributed by atoms with Gasteiger partial charge in [0, 0.05) is 18.7 Å². The Kier molecular flexibility index (Phi) is 14.1. The van der Waals surface area contributed by atoms with Crippen molar-refractivity contribution in [2.75, 3.05) is 20.3 Å². The highest BCUT2D eigenvalue weighted by Gasteiger charge is 2.39. The van der Waals surface area contributed by atoms with Crippen LogP contribution in [0.25, 0.3) is 0 Å². The molecule has 2 heterocycles. The Morgan fingerprint density at radius 2 is 1.51 bits per heavy atom. The fourth-order valence-electron chi connectivity index (χ4n) is 6.01. The van der Waals surface area contributed by atoms with Gasteiger partial charge in [-0.3, -0.25) is 19.3 Å². The number of carbonyl (C=O) groups is 3. The summed E-state index contributed by atoms with van der Waals surface area (Å²) in [5, 5.41) is 15.2.